The fourth-order valence-electron chi connectivity index (χ4n) is 1.48. The molecule has 0 saturated heterocycles. The Hall–Kier alpha value is -1.38. The van der Waals surface area contributed by atoms with E-state index in [2.05, 4.69) is 10.6 Å². The number of amides is 2. The van der Waals surface area contributed by atoms with Crippen LogP contribution in [0.25, 0.3) is 0 Å². The van der Waals surface area contributed by atoms with Gasteiger partial charge in [0.05, 0.1) is 13.2 Å². The van der Waals surface area contributed by atoms with Crippen LogP contribution in [-0.4, -0.2) is 82.2 Å². The summed E-state index contributed by atoms with van der Waals surface area (Å²) in [5, 5.41) is 14.0. The minimum atomic E-state index is -1.05. The lowest BCUT2D eigenvalue weighted by Crippen LogP contribution is -2.46. The van der Waals surface area contributed by atoms with E-state index in [1.165, 1.54) is 0 Å². The molecule has 0 saturated carbocycles. The van der Waals surface area contributed by atoms with Crippen LogP contribution in [0.15, 0.2) is 0 Å². The summed E-state index contributed by atoms with van der Waals surface area (Å²) < 4.78 is 10.2. The summed E-state index contributed by atoms with van der Waals surface area (Å²) in [5.74, 6) is -1.05. The van der Waals surface area contributed by atoms with Crippen molar-refractivity contribution in [2.75, 3.05) is 54.1 Å². The molecule has 0 radical (unpaired) electrons. The number of aliphatic carboxylic acids is 1. The van der Waals surface area contributed by atoms with E-state index in [0.29, 0.717) is 39.2 Å². The molecule has 0 aliphatic rings. The van der Waals surface area contributed by atoms with Crippen LogP contribution in [0, 0.1) is 0 Å². The lowest BCUT2D eigenvalue weighted by Gasteiger charge is -2.15. The van der Waals surface area contributed by atoms with E-state index < -0.39 is 18.0 Å². The van der Waals surface area contributed by atoms with Crippen LogP contribution in [0.2, 0.25) is 0 Å². The molecule has 124 valence electrons. The lowest BCUT2D eigenvalue weighted by molar-refractivity contribution is -0.139. The molecule has 0 aromatic rings. The van der Waals surface area contributed by atoms with Crippen molar-refractivity contribution in [1.29, 1.82) is 0 Å². The maximum absolute atomic E-state index is 11.6. The SMILES string of the molecule is COCCCC(NC(=O)NCCOCCN(C)C)C(=O)O. The van der Waals surface area contributed by atoms with E-state index in [-0.39, 0.29) is 0 Å². The number of methoxy groups -OCH3 is 1. The molecule has 1 atom stereocenters. The van der Waals surface area contributed by atoms with Gasteiger partial charge in [0.1, 0.15) is 6.04 Å². The third kappa shape index (κ3) is 12.1. The van der Waals surface area contributed by atoms with Crippen molar-refractivity contribution in [2.45, 2.75) is 18.9 Å². The van der Waals surface area contributed by atoms with Gasteiger partial charge >= 0.3 is 12.0 Å². The summed E-state index contributed by atoms with van der Waals surface area (Å²) >= 11 is 0. The molecule has 8 heteroatoms. The molecule has 21 heavy (non-hydrogen) atoms. The minimum absolute atomic E-state index is 0.329. The number of carboxylic acid groups (broad SMARTS) is 1. The summed E-state index contributed by atoms with van der Waals surface area (Å²) in [4.78, 5) is 24.5. The van der Waals surface area contributed by atoms with Gasteiger partial charge < -0.3 is 30.1 Å². The Kier molecular flexibility index (Phi) is 11.6. The first-order chi connectivity index (χ1) is 9.97. The number of carbonyl (C=O) groups excluding carboxylic acids is 1. The first-order valence-electron chi connectivity index (χ1n) is 6.96. The van der Waals surface area contributed by atoms with E-state index in [1.54, 1.807) is 7.11 Å². The fourth-order valence-corrected chi connectivity index (χ4v) is 1.48. The molecule has 0 spiro atoms. The van der Waals surface area contributed by atoms with Gasteiger partial charge in [0.25, 0.3) is 0 Å². The summed E-state index contributed by atoms with van der Waals surface area (Å²) in [6.45, 7) is 2.59. The van der Waals surface area contributed by atoms with Gasteiger partial charge in [-0.05, 0) is 26.9 Å². The van der Waals surface area contributed by atoms with E-state index in [1.807, 2.05) is 19.0 Å². The molecular formula is C13H27N3O5. The smallest absolute Gasteiger partial charge is 0.326 e. The number of hydrogen-bond donors (Lipinski definition) is 3. The number of rotatable bonds is 12. The second-order valence-corrected chi connectivity index (χ2v) is 4.84. The standard InChI is InChI=1S/C13H27N3O5/c1-16(2)7-10-21-9-6-14-13(19)15-11(12(17)18)5-4-8-20-3/h11H,4-10H2,1-3H3,(H,17,18)(H2,14,15,19). The molecule has 8 nitrogen and oxygen atoms in total. The van der Waals surface area contributed by atoms with Crippen LogP contribution in [0.3, 0.4) is 0 Å². The topological polar surface area (TPSA) is 100 Å². The van der Waals surface area contributed by atoms with Crippen molar-refractivity contribution in [3.8, 4) is 0 Å². The molecule has 0 aliphatic heterocycles. The number of carboxylic acids is 1. The average Bonchev–Trinajstić information content (AvgIpc) is 2.41. The van der Waals surface area contributed by atoms with Gasteiger partial charge in [-0.1, -0.05) is 0 Å². The maximum atomic E-state index is 11.6. The molecular weight excluding hydrogens is 278 g/mol. The van der Waals surface area contributed by atoms with Crippen LogP contribution in [0.4, 0.5) is 4.79 Å². The molecule has 3 N–H and O–H groups in total. The van der Waals surface area contributed by atoms with Crippen LogP contribution in [0.1, 0.15) is 12.8 Å². The largest absolute Gasteiger partial charge is 0.480 e. The van der Waals surface area contributed by atoms with Gasteiger partial charge in [0, 0.05) is 26.8 Å². The lowest BCUT2D eigenvalue weighted by atomic mass is 10.1. The number of hydrogen-bond acceptors (Lipinski definition) is 5. The molecule has 0 bridgehead atoms. The van der Waals surface area contributed by atoms with E-state index in [0.717, 1.165) is 6.54 Å². The highest BCUT2D eigenvalue weighted by atomic mass is 16.5. The van der Waals surface area contributed by atoms with Crippen LogP contribution >= 0.6 is 0 Å². The van der Waals surface area contributed by atoms with Gasteiger partial charge in [-0.15, -0.1) is 0 Å². The van der Waals surface area contributed by atoms with Crippen molar-refractivity contribution in [3.05, 3.63) is 0 Å². The highest BCUT2D eigenvalue weighted by Crippen LogP contribution is 1.98. The Bertz CT molecular complexity index is 300. The van der Waals surface area contributed by atoms with Gasteiger partial charge in [-0.3, -0.25) is 0 Å². The second-order valence-electron chi connectivity index (χ2n) is 4.84. The first-order valence-corrected chi connectivity index (χ1v) is 6.96. The molecule has 0 aromatic heterocycles. The monoisotopic (exact) mass is 305 g/mol. The number of nitrogens with zero attached hydrogens (tertiary/aromatic N) is 1. The minimum Gasteiger partial charge on any atom is -0.480 e. The van der Waals surface area contributed by atoms with Crippen LogP contribution < -0.4 is 10.6 Å². The van der Waals surface area contributed by atoms with Crippen molar-refractivity contribution >= 4 is 12.0 Å². The van der Waals surface area contributed by atoms with Crippen LogP contribution in [0.5, 0.6) is 0 Å². The number of nitrogens with one attached hydrogen (secondary N) is 2. The third-order valence-corrected chi connectivity index (χ3v) is 2.66. The zero-order valence-corrected chi connectivity index (χ0v) is 13.1. The van der Waals surface area contributed by atoms with Crippen molar-refractivity contribution < 1.29 is 24.2 Å². The van der Waals surface area contributed by atoms with E-state index in [9.17, 15) is 9.59 Å². The molecule has 0 heterocycles. The van der Waals surface area contributed by atoms with E-state index in [4.69, 9.17) is 14.6 Å². The molecule has 2 amide bonds. The Morgan fingerprint density at radius 1 is 1.24 bits per heavy atom. The summed E-state index contributed by atoms with van der Waals surface area (Å²) in [6, 6.07) is -1.41. The number of carbonyl (C=O) groups is 2. The molecule has 0 rings (SSSR count). The number of likely N-dealkylation sites (N-methyl/N-ethyl adjacent to an activating group) is 1. The Morgan fingerprint density at radius 3 is 2.52 bits per heavy atom. The highest BCUT2D eigenvalue weighted by Gasteiger charge is 2.18. The van der Waals surface area contributed by atoms with Gasteiger partial charge in [0.15, 0.2) is 0 Å². The summed E-state index contributed by atoms with van der Waals surface area (Å²) in [6.07, 6.45) is 0.900. The first kappa shape index (κ1) is 19.6. The van der Waals surface area contributed by atoms with Crippen molar-refractivity contribution in [1.82, 2.24) is 15.5 Å². The average molecular weight is 305 g/mol. The summed E-state index contributed by atoms with van der Waals surface area (Å²) in [7, 11) is 5.45. The second kappa shape index (κ2) is 12.4. The van der Waals surface area contributed by atoms with Crippen molar-refractivity contribution in [2.24, 2.45) is 0 Å². The molecule has 0 aromatic carbocycles. The Balaban J connectivity index is 3.75. The van der Waals surface area contributed by atoms with E-state index >= 15 is 0 Å². The zero-order chi connectivity index (χ0) is 16.1. The predicted molar refractivity (Wildman–Crippen MR) is 78.4 cm³/mol. The third-order valence-electron chi connectivity index (χ3n) is 2.66. The molecule has 0 fully saturated rings. The maximum Gasteiger partial charge on any atom is 0.326 e. The fraction of sp³-hybridized carbons (Fsp3) is 0.846. The van der Waals surface area contributed by atoms with Gasteiger partial charge in [-0.2, -0.15) is 0 Å². The van der Waals surface area contributed by atoms with Crippen LogP contribution in [-0.2, 0) is 14.3 Å². The molecule has 0 aliphatic carbocycles. The quantitative estimate of drug-likeness (QED) is 0.430. The highest BCUT2D eigenvalue weighted by molar-refractivity contribution is 5.82. The van der Waals surface area contributed by atoms with Gasteiger partial charge in [0.2, 0.25) is 0 Å². The Labute approximate surface area is 125 Å². The number of ether oxygens (including phenoxy) is 2. The molecule has 1 unspecified atom stereocenters. The Morgan fingerprint density at radius 2 is 1.95 bits per heavy atom. The van der Waals surface area contributed by atoms with Crippen molar-refractivity contribution in [3.63, 3.8) is 0 Å². The van der Waals surface area contributed by atoms with Gasteiger partial charge in [-0.25, -0.2) is 9.59 Å². The predicted octanol–water partition coefficient (Wildman–Crippen LogP) is -0.256. The summed E-state index contributed by atoms with van der Waals surface area (Å²) in [5.41, 5.74) is 0. The number of urea groups is 1. The normalized spacial score (nSPS) is 12.2. The zero-order valence-electron chi connectivity index (χ0n) is 13.1.